The lowest BCUT2D eigenvalue weighted by Gasteiger charge is -1.99. The predicted octanol–water partition coefficient (Wildman–Crippen LogP) is 2.65. The van der Waals surface area contributed by atoms with E-state index >= 15 is 0 Å². The van der Waals surface area contributed by atoms with Gasteiger partial charge in [-0.3, -0.25) is 0 Å². The number of nitrogens with two attached hydrogens (primary N) is 1. The average Bonchev–Trinajstić information content (AvgIpc) is 2.03. The first-order valence-corrected chi connectivity index (χ1v) is 5.85. The summed E-state index contributed by atoms with van der Waals surface area (Å²) in [4.78, 5) is 0. The zero-order valence-corrected chi connectivity index (χ0v) is 8.46. The summed E-state index contributed by atoms with van der Waals surface area (Å²) in [5.74, 6) is 2.44. The standard InChI is InChI=1S/C9H21NS/c1-2-3-4-5-6-8-11-9-7-10/h2-10H2,1H3. The van der Waals surface area contributed by atoms with Gasteiger partial charge in [-0.25, -0.2) is 0 Å². The third kappa shape index (κ3) is 10.3. The summed E-state index contributed by atoms with van der Waals surface area (Å²) in [7, 11) is 0. The molecule has 0 aromatic rings. The van der Waals surface area contributed by atoms with Crippen LogP contribution in [0.3, 0.4) is 0 Å². The Labute approximate surface area is 75.1 Å². The molecule has 0 aromatic heterocycles. The average molecular weight is 175 g/mol. The van der Waals surface area contributed by atoms with Crippen molar-refractivity contribution >= 4 is 11.8 Å². The maximum atomic E-state index is 5.37. The van der Waals surface area contributed by atoms with Crippen LogP contribution in [-0.4, -0.2) is 18.1 Å². The van der Waals surface area contributed by atoms with Crippen molar-refractivity contribution in [3.63, 3.8) is 0 Å². The summed E-state index contributed by atoms with van der Waals surface area (Å²) in [6.07, 6.45) is 6.95. The van der Waals surface area contributed by atoms with E-state index in [2.05, 4.69) is 6.92 Å². The van der Waals surface area contributed by atoms with Gasteiger partial charge in [0.05, 0.1) is 0 Å². The molecular formula is C9H21NS. The Kier molecular flexibility index (Phi) is 10.6. The zero-order chi connectivity index (χ0) is 8.36. The molecule has 2 N–H and O–H groups in total. The third-order valence-electron chi connectivity index (χ3n) is 1.65. The molecule has 11 heavy (non-hydrogen) atoms. The molecule has 2 heteroatoms. The predicted molar refractivity (Wildman–Crippen MR) is 55.1 cm³/mol. The van der Waals surface area contributed by atoms with Crippen molar-refractivity contribution in [3.05, 3.63) is 0 Å². The molecular weight excluding hydrogens is 154 g/mol. The van der Waals surface area contributed by atoms with Gasteiger partial charge in [0.25, 0.3) is 0 Å². The Morgan fingerprint density at radius 1 is 1.00 bits per heavy atom. The van der Waals surface area contributed by atoms with Crippen molar-refractivity contribution in [2.24, 2.45) is 5.73 Å². The molecule has 68 valence electrons. The molecule has 0 aliphatic rings. The highest BCUT2D eigenvalue weighted by Gasteiger charge is 1.89. The smallest absolute Gasteiger partial charge is 0.00558 e. The van der Waals surface area contributed by atoms with E-state index in [-0.39, 0.29) is 0 Å². The largest absolute Gasteiger partial charge is 0.330 e. The minimum Gasteiger partial charge on any atom is -0.330 e. The van der Waals surface area contributed by atoms with E-state index in [0.717, 1.165) is 12.3 Å². The molecule has 0 amide bonds. The Balaban J connectivity index is 2.69. The van der Waals surface area contributed by atoms with Gasteiger partial charge in [0.1, 0.15) is 0 Å². The molecule has 0 bridgehead atoms. The SMILES string of the molecule is CCCCCCCSCCN. The molecule has 0 aliphatic carbocycles. The molecule has 0 spiro atoms. The summed E-state index contributed by atoms with van der Waals surface area (Å²) in [6, 6.07) is 0. The van der Waals surface area contributed by atoms with Crippen molar-refractivity contribution in [2.75, 3.05) is 18.1 Å². The minimum absolute atomic E-state index is 0.833. The highest BCUT2D eigenvalue weighted by molar-refractivity contribution is 7.99. The van der Waals surface area contributed by atoms with Crippen molar-refractivity contribution in [3.8, 4) is 0 Å². The molecule has 0 saturated carbocycles. The zero-order valence-electron chi connectivity index (χ0n) is 7.64. The maximum Gasteiger partial charge on any atom is 0.00558 e. The molecule has 0 rings (SSSR count). The second-order valence-electron chi connectivity index (χ2n) is 2.82. The van der Waals surface area contributed by atoms with Crippen LogP contribution >= 0.6 is 11.8 Å². The van der Waals surface area contributed by atoms with Crippen LogP contribution in [-0.2, 0) is 0 Å². The fraction of sp³-hybridized carbons (Fsp3) is 1.00. The van der Waals surface area contributed by atoms with Gasteiger partial charge < -0.3 is 5.73 Å². The van der Waals surface area contributed by atoms with E-state index in [1.165, 1.54) is 37.9 Å². The molecule has 0 aromatic carbocycles. The summed E-state index contributed by atoms with van der Waals surface area (Å²) < 4.78 is 0. The molecule has 0 atom stereocenters. The van der Waals surface area contributed by atoms with Crippen LogP contribution < -0.4 is 5.73 Å². The quantitative estimate of drug-likeness (QED) is 0.574. The molecule has 0 radical (unpaired) electrons. The van der Waals surface area contributed by atoms with E-state index in [9.17, 15) is 0 Å². The highest BCUT2D eigenvalue weighted by atomic mass is 32.2. The van der Waals surface area contributed by atoms with Crippen LogP contribution in [0.15, 0.2) is 0 Å². The Morgan fingerprint density at radius 2 is 1.73 bits per heavy atom. The van der Waals surface area contributed by atoms with Gasteiger partial charge in [0, 0.05) is 12.3 Å². The first-order valence-electron chi connectivity index (χ1n) is 4.69. The number of thioether (sulfide) groups is 1. The van der Waals surface area contributed by atoms with Gasteiger partial charge in [-0.2, -0.15) is 11.8 Å². The second kappa shape index (κ2) is 10.3. The van der Waals surface area contributed by atoms with Gasteiger partial charge in [0.2, 0.25) is 0 Å². The molecule has 0 unspecified atom stereocenters. The second-order valence-corrected chi connectivity index (χ2v) is 4.04. The summed E-state index contributed by atoms with van der Waals surface area (Å²) in [5, 5.41) is 0. The Morgan fingerprint density at radius 3 is 2.36 bits per heavy atom. The first kappa shape index (κ1) is 11.3. The number of unbranched alkanes of at least 4 members (excludes halogenated alkanes) is 4. The molecule has 0 aliphatic heterocycles. The van der Waals surface area contributed by atoms with Crippen LogP contribution in [0, 0.1) is 0 Å². The molecule has 1 nitrogen and oxygen atoms in total. The molecule has 0 heterocycles. The fourth-order valence-electron chi connectivity index (χ4n) is 0.993. The lowest BCUT2D eigenvalue weighted by molar-refractivity contribution is 0.659. The number of rotatable bonds is 8. The van der Waals surface area contributed by atoms with Crippen molar-refractivity contribution < 1.29 is 0 Å². The van der Waals surface area contributed by atoms with E-state index in [4.69, 9.17) is 5.73 Å². The highest BCUT2D eigenvalue weighted by Crippen LogP contribution is 2.07. The van der Waals surface area contributed by atoms with Gasteiger partial charge in [-0.05, 0) is 12.2 Å². The lowest BCUT2D eigenvalue weighted by atomic mass is 10.2. The van der Waals surface area contributed by atoms with Gasteiger partial charge in [-0.15, -0.1) is 0 Å². The van der Waals surface area contributed by atoms with E-state index in [1.54, 1.807) is 0 Å². The van der Waals surface area contributed by atoms with Gasteiger partial charge in [0.15, 0.2) is 0 Å². The summed E-state index contributed by atoms with van der Waals surface area (Å²) >= 11 is 1.99. The van der Waals surface area contributed by atoms with Gasteiger partial charge in [-0.1, -0.05) is 32.6 Å². The van der Waals surface area contributed by atoms with Crippen molar-refractivity contribution in [1.82, 2.24) is 0 Å². The Bertz CT molecular complexity index is 58.6. The minimum atomic E-state index is 0.833. The van der Waals surface area contributed by atoms with Gasteiger partial charge >= 0.3 is 0 Å². The van der Waals surface area contributed by atoms with E-state index in [0.29, 0.717) is 0 Å². The lowest BCUT2D eigenvalue weighted by Crippen LogP contribution is -2.01. The normalized spacial score (nSPS) is 10.4. The number of hydrogen-bond donors (Lipinski definition) is 1. The summed E-state index contributed by atoms with van der Waals surface area (Å²) in [6.45, 7) is 3.09. The number of hydrogen-bond acceptors (Lipinski definition) is 2. The Hall–Kier alpha value is 0.310. The van der Waals surface area contributed by atoms with Crippen LogP contribution in [0.25, 0.3) is 0 Å². The van der Waals surface area contributed by atoms with Crippen molar-refractivity contribution in [1.29, 1.82) is 0 Å². The van der Waals surface area contributed by atoms with Crippen molar-refractivity contribution in [2.45, 2.75) is 39.0 Å². The van der Waals surface area contributed by atoms with Crippen LogP contribution in [0.2, 0.25) is 0 Å². The first-order chi connectivity index (χ1) is 5.41. The monoisotopic (exact) mass is 175 g/mol. The van der Waals surface area contributed by atoms with E-state index in [1.807, 2.05) is 11.8 Å². The topological polar surface area (TPSA) is 26.0 Å². The van der Waals surface area contributed by atoms with Crippen LogP contribution in [0.4, 0.5) is 0 Å². The molecule has 0 saturated heterocycles. The molecule has 0 fully saturated rings. The fourth-order valence-corrected chi connectivity index (χ4v) is 1.77. The summed E-state index contributed by atoms with van der Waals surface area (Å²) in [5.41, 5.74) is 5.37. The van der Waals surface area contributed by atoms with Crippen LogP contribution in [0.5, 0.6) is 0 Å². The third-order valence-corrected chi connectivity index (χ3v) is 2.76. The van der Waals surface area contributed by atoms with E-state index < -0.39 is 0 Å². The maximum absolute atomic E-state index is 5.37. The van der Waals surface area contributed by atoms with Crippen LogP contribution in [0.1, 0.15) is 39.0 Å².